The molecular formula is C26H32F3N7S. The third kappa shape index (κ3) is 5.47. The third-order valence-corrected chi connectivity index (χ3v) is 7.42. The van der Waals surface area contributed by atoms with Crippen molar-refractivity contribution in [1.29, 1.82) is 0 Å². The lowest BCUT2D eigenvalue weighted by atomic mass is 9.97. The number of nitrogens with one attached hydrogen (secondary N) is 4. The zero-order valence-corrected chi connectivity index (χ0v) is 22.0. The van der Waals surface area contributed by atoms with E-state index in [1.54, 1.807) is 10.9 Å². The summed E-state index contributed by atoms with van der Waals surface area (Å²) in [5.41, 5.74) is 2.53. The van der Waals surface area contributed by atoms with E-state index in [2.05, 4.69) is 58.2 Å². The van der Waals surface area contributed by atoms with Crippen LogP contribution in [0.2, 0.25) is 0 Å². The van der Waals surface area contributed by atoms with Gasteiger partial charge in [0.25, 0.3) is 0 Å². The monoisotopic (exact) mass is 531 g/mol. The summed E-state index contributed by atoms with van der Waals surface area (Å²) in [5.74, 6) is 1.01. The van der Waals surface area contributed by atoms with Crippen molar-refractivity contribution in [1.82, 2.24) is 30.6 Å². The Morgan fingerprint density at radius 1 is 1.19 bits per heavy atom. The van der Waals surface area contributed by atoms with Crippen LogP contribution in [-0.2, 0) is 19.3 Å². The number of hydrogen-bond donors (Lipinski definition) is 4. The van der Waals surface area contributed by atoms with Gasteiger partial charge >= 0.3 is 6.18 Å². The molecule has 1 fully saturated rings. The van der Waals surface area contributed by atoms with Crippen LogP contribution in [0.3, 0.4) is 0 Å². The standard InChI is InChI=1S/C26H32F3N7S/c1-25(2)21(6-7-22(34-25)32-18-8-10-35(3)11-9-18)30-15-36-24-16(14-31-36)12-23(37)33-20-13-17(26(27,28)29)4-5-19(20)24/h4-7,13-14,18,30,32,34H,8-12,15H2,1-3H3,(H,33,37). The molecule has 1 aromatic heterocycles. The van der Waals surface area contributed by atoms with E-state index in [1.165, 1.54) is 6.07 Å². The Morgan fingerprint density at radius 2 is 1.95 bits per heavy atom. The highest BCUT2D eigenvalue weighted by molar-refractivity contribution is 7.80. The van der Waals surface area contributed by atoms with E-state index in [-0.39, 0.29) is 5.54 Å². The number of nitrogens with zero attached hydrogens (tertiary/aromatic N) is 3. The molecule has 0 atom stereocenters. The molecule has 4 N–H and O–H groups in total. The van der Waals surface area contributed by atoms with Crippen LogP contribution in [0.5, 0.6) is 0 Å². The normalized spacial score (nSPS) is 20.0. The zero-order valence-electron chi connectivity index (χ0n) is 21.2. The lowest BCUT2D eigenvalue weighted by molar-refractivity contribution is -0.137. The highest BCUT2D eigenvalue weighted by Crippen LogP contribution is 2.39. The second-order valence-electron chi connectivity index (χ2n) is 10.5. The maximum absolute atomic E-state index is 13.3. The van der Waals surface area contributed by atoms with E-state index in [0.717, 1.165) is 60.8 Å². The van der Waals surface area contributed by atoms with Crippen molar-refractivity contribution < 1.29 is 13.2 Å². The third-order valence-electron chi connectivity index (χ3n) is 7.18. The topological polar surface area (TPSA) is 69.2 Å². The number of piperidine rings is 1. The predicted molar refractivity (Wildman–Crippen MR) is 143 cm³/mol. The quantitative estimate of drug-likeness (QED) is 0.431. The highest BCUT2D eigenvalue weighted by Gasteiger charge is 2.33. The van der Waals surface area contributed by atoms with Crippen molar-refractivity contribution >= 4 is 22.9 Å². The van der Waals surface area contributed by atoms with Crippen molar-refractivity contribution in [2.75, 3.05) is 25.5 Å². The van der Waals surface area contributed by atoms with E-state index < -0.39 is 11.7 Å². The smallest absolute Gasteiger partial charge is 0.369 e. The maximum atomic E-state index is 13.3. The first-order chi connectivity index (χ1) is 17.5. The molecule has 0 aliphatic carbocycles. The van der Waals surface area contributed by atoms with Crippen LogP contribution in [0, 0.1) is 0 Å². The van der Waals surface area contributed by atoms with Gasteiger partial charge in [-0.1, -0.05) is 18.3 Å². The van der Waals surface area contributed by atoms with Crippen LogP contribution >= 0.6 is 12.2 Å². The first-order valence-electron chi connectivity index (χ1n) is 12.5. The van der Waals surface area contributed by atoms with E-state index in [4.69, 9.17) is 12.2 Å². The molecule has 1 saturated heterocycles. The molecule has 4 heterocycles. The summed E-state index contributed by atoms with van der Waals surface area (Å²) in [4.78, 5) is 2.81. The predicted octanol–water partition coefficient (Wildman–Crippen LogP) is 4.20. The van der Waals surface area contributed by atoms with Gasteiger partial charge in [-0.05, 0) is 71.1 Å². The number of halogens is 3. The molecule has 3 aliphatic heterocycles. The van der Waals surface area contributed by atoms with Crippen molar-refractivity contribution in [3.63, 3.8) is 0 Å². The summed E-state index contributed by atoms with van der Waals surface area (Å²) in [5, 5.41) is 18.2. The Bertz CT molecular complexity index is 1250. The van der Waals surface area contributed by atoms with Crippen molar-refractivity contribution in [2.45, 2.75) is 57.5 Å². The second kappa shape index (κ2) is 9.68. The fraction of sp³-hybridized carbons (Fsp3) is 0.462. The molecule has 3 aliphatic rings. The molecule has 37 heavy (non-hydrogen) atoms. The van der Waals surface area contributed by atoms with E-state index in [9.17, 15) is 13.2 Å². The first kappa shape index (κ1) is 25.6. The van der Waals surface area contributed by atoms with Crippen LogP contribution in [-0.4, -0.2) is 51.4 Å². The number of benzene rings is 1. The SMILES string of the molecule is CN1CCC(NC2=CC=C(NCn3ncc4c3-c3ccc(C(F)(F)F)cc3NC(=S)C4)C(C)(C)N2)CC1. The van der Waals surface area contributed by atoms with Gasteiger partial charge in [0.05, 0.1) is 33.8 Å². The maximum Gasteiger partial charge on any atom is 0.416 e. The molecule has 198 valence electrons. The summed E-state index contributed by atoms with van der Waals surface area (Å²) in [6, 6.07) is 4.16. The van der Waals surface area contributed by atoms with Crippen LogP contribution in [0.1, 0.15) is 37.8 Å². The summed E-state index contributed by atoms with van der Waals surface area (Å²) < 4.78 is 41.8. The average Bonchev–Trinajstić information content (AvgIpc) is 3.14. The minimum absolute atomic E-state index is 0.340. The zero-order chi connectivity index (χ0) is 26.4. The number of thiocarbonyl (C=S) groups is 1. The molecule has 11 heteroatoms. The fourth-order valence-electron chi connectivity index (χ4n) is 5.10. The first-order valence-corrected chi connectivity index (χ1v) is 12.9. The number of dihydropyridines is 1. The second-order valence-corrected chi connectivity index (χ2v) is 11.0. The molecule has 0 bridgehead atoms. The molecule has 0 spiro atoms. The van der Waals surface area contributed by atoms with Crippen molar-refractivity contribution in [3.05, 3.63) is 59.2 Å². The number of rotatable bonds is 5. The van der Waals surface area contributed by atoms with Crippen LogP contribution in [0.4, 0.5) is 18.9 Å². The number of likely N-dealkylation sites (tertiary alicyclic amines) is 1. The Kier molecular flexibility index (Phi) is 6.70. The van der Waals surface area contributed by atoms with Crippen LogP contribution < -0.4 is 21.3 Å². The van der Waals surface area contributed by atoms with Gasteiger partial charge in [-0.15, -0.1) is 0 Å². The number of alkyl halides is 3. The van der Waals surface area contributed by atoms with Crippen LogP contribution in [0.25, 0.3) is 11.3 Å². The van der Waals surface area contributed by atoms with E-state index in [0.29, 0.717) is 35.4 Å². The van der Waals surface area contributed by atoms with Crippen molar-refractivity contribution in [3.8, 4) is 11.3 Å². The lowest BCUT2D eigenvalue weighted by Crippen LogP contribution is -2.52. The Hall–Kier alpha value is -3.05. The Balaban J connectivity index is 1.35. The Morgan fingerprint density at radius 3 is 2.65 bits per heavy atom. The van der Waals surface area contributed by atoms with E-state index in [1.807, 2.05) is 6.08 Å². The fourth-order valence-corrected chi connectivity index (χ4v) is 5.37. The van der Waals surface area contributed by atoms with Crippen molar-refractivity contribution in [2.24, 2.45) is 0 Å². The number of fused-ring (bicyclic) bond motifs is 3. The number of anilines is 1. The number of allylic oxidation sites excluding steroid dienone is 2. The Labute approximate surface area is 220 Å². The minimum Gasteiger partial charge on any atom is -0.369 e. The van der Waals surface area contributed by atoms with Crippen LogP contribution in [0.15, 0.2) is 48.1 Å². The minimum atomic E-state index is -4.43. The molecule has 7 nitrogen and oxygen atoms in total. The summed E-state index contributed by atoms with van der Waals surface area (Å²) >= 11 is 5.39. The van der Waals surface area contributed by atoms with Gasteiger partial charge in [-0.2, -0.15) is 18.3 Å². The summed E-state index contributed by atoms with van der Waals surface area (Å²) in [7, 11) is 2.15. The van der Waals surface area contributed by atoms with Gasteiger partial charge in [0.1, 0.15) is 6.67 Å². The molecule has 0 saturated carbocycles. The summed E-state index contributed by atoms with van der Waals surface area (Å²) in [6.45, 7) is 6.74. The highest BCUT2D eigenvalue weighted by atomic mass is 32.1. The molecular weight excluding hydrogens is 499 g/mol. The lowest BCUT2D eigenvalue weighted by Gasteiger charge is -2.38. The molecule has 2 aromatic rings. The van der Waals surface area contributed by atoms with E-state index >= 15 is 0 Å². The van der Waals surface area contributed by atoms with Gasteiger partial charge < -0.3 is 26.2 Å². The molecule has 0 radical (unpaired) electrons. The molecule has 0 unspecified atom stereocenters. The summed E-state index contributed by atoms with van der Waals surface area (Å²) in [6.07, 6.45) is 4.04. The largest absolute Gasteiger partial charge is 0.416 e. The molecule has 5 rings (SSSR count). The number of aromatic nitrogens is 2. The van der Waals surface area contributed by atoms with Gasteiger partial charge in [-0.3, -0.25) is 0 Å². The van der Waals surface area contributed by atoms with Gasteiger partial charge in [0, 0.05) is 35.0 Å². The van der Waals surface area contributed by atoms with Gasteiger partial charge in [0.15, 0.2) is 0 Å². The van der Waals surface area contributed by atoms with Gasteiger partial charge in [0.2, 0.25) is 0 Å². The van der Waals surface area contributed by atoms with Gasteiger partial charge in [-0.25, -0.2) is 4.68 Å². The molecule has 1 aromatic carbocycles. The average molecular weight is 532 g/mol. The molecule has 0 amide bonds. The number of hydrogen-bond acceptors (Lipinski definition) is 6.